The van der Waals surface area contributed by atoms with E-state index in [2.05, 4.69) is 6.92 Å². The van der Waals surface area contributed by atoms with Crippen molar-refractivity contribution >= 4 is 17.7 Å². The van der Waals surface area contributed by atoms with Gasteiger partial charge in [-0.05, 0) is 51.7 Å². The standard InChI is InChI=1S/C20H29NO4/c1-5-6-13-24-18(22)14-16-12-11-15-9-7-8-10-17(15)21(16)19(23)25-20(2,3)4/h7-10,16H,5-6,11-14H2,1-4H3. The highest BCUT2D eigenvalue weighted by Crippen LogP contribution is 2.33. The predicted octanol–water partition coefficient (Wildman–Crippen LogP) is 4.48. The fourth-order valence-electron chi connectivity index (χ4n) is 2.94. The third-order valence-corrected chi connectivity index (χ3v) is 4.12. The van der Waals surface area contributed by atoms with Crippen LogP contribution in [0.5, 0.6) is 0 Å². The first-order chi connectivity index (χ1) is 11.8. The Labute approximate surface area is 150 Å². The number of hydrogen-bond donors (Lipinski definition) is 0. The van der Waals surface area contributed by atoms with Crippen molar-refractivity contribution in [1.29, 1.82) is 0 Å². The van der Waals surface area contributed by atoms with E-state index in [-0.39, 0.29) is 18.4 Å². The molecular weight excluding hydrogens is 318 g/mol. The van der Waals surface area contributed by atoms with Gasteiger partial charge in [-0.25, -0.2) is 4.79 Å². The molecule has 0 N–H and O–H groups in total. The summed E-state index contributed by atoms with van der Waals surface area (Å²) in [5, 5.41) is 0. The predicted molar refractivity (Wildman–Crippen MR) is 97.7 cm³/mol. The van der Waals surface area contributed by atoms with Crippen molar-refractivity contribution in [3.63, 3.8) is 0 Å². The molecule has 25 heavy (non-hydrogen) atoms. The van der Waals surface area contributed by atoms with E-state index in [1.807, 2.05) is 45.0 Å². The lowest BCUT2D eigenvalue weighted by Gasteiger charge is -2.37. The number of rotatable bonds is 5. The topological polar surface area (TPSA) is 55.8 Å². The normalized spacial score (nSPS) is 17.0. The van der Waals surface area contributed by atoms with E-state index in [0.29, 0.717) is 6.61 Å². The lowest BCUT2D eigenvalue weighted by Crippen LogP contribution is -2.47. The van der Waals surface area contributed by atoms with E-state index in [9.17, 15) is 9.59 Å². The van der Waals surface area contributed by atoms with Gasteiger partial charge in [-0.2, -0.15) is 0 Å². The number of para-hydroxylation sites is 1. The van der Waals surface area contributed by atoms with Crippen LogP contribution < -0.4 is 4.90 Å². The summed E-state index contributed by atoms with van der Waals surface area (Å²) in [6, 6.07) is 7.55. The van der Waals surface area contributed by atoms with Crippen LogP contribution in [-0.2, 0) is 20.7 Å². The monoisotopic (exact) mass is 347 g/mol. The molecule has 0 bridgehead atoms. The SMILES string of the molecule is CCCCOC(=O)CC1CCc2ccccc2N1C(=O)OC(C)(C)C. The fraction of sp³-hybridized carbons (Fsp3) is 0.600. The number of aryl methyl sites for hydroxylation is 1. The summed E-state index contributed by atoms with van der Waals surface area (Å²) in [5.41, 5.74) is 1.34. The number of benzene rings is 1. The second-order valence-electron chi connectivity index (χ2n) is 7.45. The first-order valence-electron chi connectivity index (χ1n) is 9.07. The third-order valence-electron chi connectivity index (χ3n) is 4.12. The van der Waals surface area contributed by atoms with Crippen LogP contribution in [0.4, 0.5) is 10.5 Å². The van der Waals surface area contributed by atoms with Gasteiger partial charge < -0.3 is 9.47 Å². The van der Waals surface area contributed by atoms with E-state index < -0.39 is 11.7 Å². The van der Waals surface area contributed by atoms with E-state index in [0.717, 1.165) is 36.9 Å². The highest BCUT2D eigenvalue weighted by Gasteiger charge is 2.35. The number of carbonyl (C=O) groups is 2. The smallest absolute Gasteiger partial charge is 0.415 e. The molecule has 138 valence electrons. The average Bonchev–Trinajstić information content (AvgIpc) is 2.53. The molecule has 5 nitrogen and oxygen atoms in total. The molecule has 1 aliphatic heterocycles. The van der Waals surface area contributed by atoms with Crippen LogP contribution in [0.3, 0.4) is 0 Å². The lowest BCUT2D eigenvalue weighted by atomic mass is 9.94. The molecule has 0 spiro atoms. The molecule has 0 aliphatic carbocycles. The molecule has 0 radical (unpaired) electrons. The number of ether oxygens (including phenoxy) is 2. The minimum absolute atomic E-state index is 0.192. The summed E-state index contributed by atoms with van der Waals surface area (Å²) >= 11 is 0. The molecule has 1 amide bonds. The number of hydrogen-bond acceptors (Lipinski definition) is 4. The number of nitrogens with zero attached hydrogens (tertiary/aromatic N) is 1. The first-order valence-corrected chi connectivity index (χ1v) is 9.07. The van der Waals surface area contributed by atoms with Gasteiger partial charge >= 0.3 is 12.1 Å². The number of esters is 1. The number of amides is 1. The number of carbonyl (C=O) groups excluding carboxylic acids is 2. The van der Waals surface area contributed by atoms with Gasteiger partial charge in [-0.15, -0.1) is 0 Å². The van der Waals surface area contributed by atoms with Crippen LogP contribution in [0.25, 0.3) is 0 Å². The molecule has 1 atom stereocenters. The Hall–Kier alpha value is -2.04. The Morgan fingerprint density at radius 3 is 2.64 bits per heavy atom. The highest BCUT2D eigenvalue weighted by molar-refractivity contribution is 5.91. The largest absolute Gasteiger partial charge is 0.466 e. The minimum Gasteiger partial charge on any atom is -0.466 e. The quantitative estimate of drug-likeness (QED) is 0.582. The number of fused-ring (bicyclic) bond motifs is 1. The zero-order valence-corrected chi connectivity index (χ0v) is 15.7. The van der Waals surface area contributed by atoms with Crippen molar-refractivity contribution < 1.29 is 19.1 Å². The van der Waals surface area contributed by atoms with Gasteiger partial charge in [-0.1, -0.05) is 31.5 Å². The Balaban J connectivity index is 2.17. The summed E-state index contributed by atoms with van der Waals surface area (Å²) in [6.07, 6.45) is 3.17. The highest BCUT2D eigenvalue weighted by atomic mass is 16.6. The van der Waals surface area contributed by atoms with Crippen LogP contribution in [0.15, 0.2) is 24.3 Å². The molecule has 5 heteroatoms. The van der Waals surface area contributed by atoms with Gasteiger partial charge in [0.25, 0.3) is 0 Å². The molecular formula is C20H29NO4. The van der Waals surface area contributed by atoms with Crippen molar-refractivity contribution in [3.8, 4) is 0 Å². The van der Waals surface area contributed by atoms with Crippen LogP contribution in [0.1, 0.15) is 58.9 Å². The summed E-state index contributed by atoms with van der Waals surface area (Å²) in [6.45, 7) is 8.01. The van der Waals surface area contributed by atoms with E-state index in [1.54, 1.807) is 4.90 Å². The van der Waals surface area contributed by atoms with E-state index >= 15 is 0 Å². The van der Waals surface area contributed by atoms with Crippen molar-refractivity contribution in [2.45, 2.75) is 71.4 Å². The summed E-state index contributed by atoms with van der Waals surface area (Å²) in [4.78, 5) is 26.6. The average molecular weight is 347 g/mol. The minimum atomic E-state index is -0.588. The summed E-state index contributed by atoms with van der Waals surface area (Å²) in [7, 11) is 0. The maximum absolute atomic E-state index is 12.8. The Morgan fingerprint density at radius 2 is 1.96 bits per heavy atom. The zero-order valence-electron chi connectivity index (χ0n) is 15.7. The van der Waals surface area contributed by atoms with Crippen molar-refractivity contribution in [1.82, 2.24) is 0 Å². The van der Waals surface area contributed by atoms with E-state index in [1.165, 1.54) is 0 Å². The Kier molecular flexibility index (Phi) is 6.45. The molecule has 0 aromatic heterocycles. The zero-order chi connectivity index (χ0) is 18.4. The number of anilines is 1. The van der Waals surface area contributed by atoms with Gasteiger partial charge in [0.2, 0.25) is 0 Å². The first kappa shape index (κ1) is 19.3. The van der Waals surface area contributed by atoms with Crippen LogP contribution >= 0.6 is 0 Å². The molecule has 0 saturated carbocycles. The van der Waals surface area contributed by atoms with Gasteiger partial charge in [0.05, 0.1) is 24.8 Å². The molecule has 0 fully saturated rings. The maximum atomic E-state index is 12.8. The second kappa shape index (κ2) is 8.37. The second-order valence-corrected chi connectivity index (χ2v) is 7.45. The van der Waals surface area contributed by atoms with Gasteiger partial charge in [-0.3, -0.25) is 9.69 Å². The molecule has 1 aliphatic rings. The molecule has 1 aromatic rings. The Morgan fingerprint density at radius 1 is 1.24 bits per heavy atom. The van der Waals surface area contributed by atoms with Gasteiger partial charge in [0.1, 0.15) is 5.60 Å². The van der Waals surface area contributed by atoms with Crippen LogP contribution in [0, 0.1) is 0 Å². The third kappa shape index (κ3) is 5.48. The molecule has 0 saturated heterocycles. The van der Waals surface area contributed by atoms with Crippen LogP contribution in [-0.4, -0.2) is 30.3 Å². The number of unbranched alkanes of at least 4 members (excludes halogenated alkanes) is 1. The summed E-state index contributed by atoms with van der Waals surface area (Å²) in [5.74, 6) is -0.258. The van der Waals surface area contributed by atoms with Crippen molar-refractivity contribution in [2.75, 3.05) is 11.5 Å². The lowest BCUT2D eigenvalue weighted by molar-refractivity contribution is -0.144. The fourth-order valence-corrected chi connectivity index (χ4v) is 2.94. The Bertz CT molecular complexity index is 606. The molecule has 1 heterocycles. The molecule has 1 aromatic carbocycles. The van der Waals surface area contributed by atoms with Crippen LogP contribution in [0.2, 0.25) is 0 Å². The maximum Gasteiger partial charge on any atom is 0.415 e. The molecule has 2 rings (SSSR count). The van der Waals surface area contributed by atoms with E-state index in [4.69, 9.17) is 9.47 Å². The van der Waals surface area contributed by atoms with Gasteiger partial charge in [0, 0.05) is 0 Å². The van der Waals surface area contributed by atoms with Crippen molar-refractivity contribution in [2.24, 2.45) is 0 Å². The van der Waals surface area contributed by atoms with Gasteiger partial charge in [0.15, 0.2) is 0 Å². The van der Waals surface area contributed by atoms with Crippen molar-refractivity contribution in [3.05, 3.63) is 29.8 Å². The summed E-state index contributed by atoms with van der Waals surface area (Å²) < 4.78 is 10.9. The molecule has 1 unspecified atom stereocenters.